The molecule has 0 saturated carbocycles. The third kappa shape index (κ3) is 3.81. The Hall–Kier alpha value is -2.19. The van der Waals surface area contributed by atoms with Gasteiger partial charge in [0, 0.05) is 32.6 Å². The number of amides is 1. The number of aryl methyl sites for hydroxylation is 2. The van der Waals surface area contributed by atoms with E-state index in [9.17, 15) is 13.2 Å². The van der Waals surface area contributed by atoms with Crippen LogP contribution in [0.3, 0.4) is 0 Å². The highest BCUT2D eigenvalue weighted by atomic mass is 32.2. The van der Waals surface area contributed by atoms with Crippen LogP contribution >= 0.6 is 0 Å². The summed E-state index contributed by atoms with van der Waals surface area (Å²) in [6.07, 6.45) is 0.591. The van der Waals surface area contributed by atoms with Gasteiger partial charge in [-0.1, -0.05) is 42.4 Å². The summed E-state index contributed by atoms with van der Waals surface area (Å²) in [6.45, 7) is 4.97. The van der Waals surface area contributed by atoms with Crippen LogP contribution in [0.25, 0.3) is 0 Å². The molecule has 1 saturated heterocycles. The average molecular weight is 377 g/mol. The van der Waals surface area contributed by atoms with Gasteiger partial charge in [0.1, 0.15) is 11.3 Å². The molecule has 3 rings (SSSR count). The highest BCUT2D eigenvalue weighted by molar-refractivity contribution is 7.88. The monoisotopic (exact) mass is 377 g/mol. The van der Waals surface area contributed by atoms with E-state index in [0.717, 1.165) is 5.56 Å². The number of piperazine rings is 1. The fourth-order valence-corrected chi connectivity index (χ4v) is 4.65. The molecule has 1 aliphatic rings. The van der Waals surface area contributed by atoms with Crippen molar-refractivity contribution in [1.29, 1.82) is 0 Å². The maximum Gasteiger partial charge on any atom is 0.259 e. The van der Waals surface area contributed by atoms with E-state index in [4.69, 9.17) is 4.52 Å². The van der Waals surface area contributed by atoms with E-state index in [1.807, 2.05) is 25.1 Å². The molecule has 1 aromatic carbocycles. The first-order valence-electron chi connectivity index (χ1n) is 8.68. The van der Waals surface area contributed by atoms with Crippen LogP contribution in [0.4, 0.5) is 0 Å². The van der Waals surface area contributed by atoms with Crippen LogP contribution in [-0.2, 0) is 22.2 Å². The van der Waals surface area contributed by atoms with Crippen LogP contribution in [0, 0.1) is 6.92 Å². The van der Waals surface area contributed by atoms with E-state index in [1.54, 1.807) is 24.0 Å². The number of carbonyl (C=O) groups is 1. The van der Waals surface area contributed by atoms with Crippen molar-refractivity contribution < 1.29 is 17.7 Å². The summed E-state index contributed by atoms with van der Waals surface area (Å²) < 4.78 is 31.9. The van der Waals surface area contributed by atoms with E-state index >= 15 is 0 Å². The number of hydrogen-bond acceptors (Lipinski definition) is 5. The van der Waals surface area contributed by atoms with Crippen LogP contribution in [0.5, 0.6) is 0 Å². The van der Waals surface area contributed by atoms with Crippen molar-refractivity contribution in [3.63, 3.8) is 0 Å². The van der Waals surface area contributed by atoms with Crippen molar-refractivity contribution in [3.8, 4) is 0 Å². The van der Waals surface area contributed by atoms with Gasteiger partial charge in [0.15, 0.2) is 0 Å². The molecule has 1 aromatic heterocycles. The predicted molar refractivity (Wildman–Crippen MR) is 97.2 cm³/mol. The normalized spacial score (nSPS) is 16.0. The molecule has 140 valence electrons. The lowest BCUT2D eigenvalue weighted by Gasteiger charge is -2.34. The van der Waals surface area contributed by atoms with E-state index < -0.39 is 10.0 Å². The maximum absolute atomic E-state index is 12.8. The molecule has 7 nitrogen and oxygen atoms in total. The zero-order chi connectivity index (χ0) is 18.7. The topological polar surface area (TPSA) is 83.7 Å². The lowest BCUT2D eigenvalue weighted by molar-refractivity contribution is 0.0695. The molecule has 0 bridgehead atoms. The molecule has 1 amide bonds. The minimum atomic E-state index is -3.40. The van der Waals surface area contributed by atoms with Crippen molar-refractivity contribution in [2.75, 3.05) is 26.2 Å². The van der Waals surface area contributed by atoms with E-state index in [0.29, 0.717) is 49.6 Å². The Morgan fingerprint density at radius 2 is 1.81 bits per heavy atom. The Bertz CT molecular complexity index is 869. The number of sulfonamides is 1. The second-order valence-corrected chi connectivity index (χ2v) is 8.32. The molecule has 8 heteroatoms. The van der Waals surface area contributed by atoms with Gasteiger partial charge in [-0.25, -0.2) is 8.42 Å². The molecule has 2 heterocycles. The van der Waals surface area contributed by atoms with E-state index in [1.165, 1.54) is 4.31 Å². The van der Waals surface area contributed by atoms with Gasteiger partial charge in [-0.2, -0.15) is 4.31 Å². The maximum atomic E-state index is 12.8. The van der Waals surface area contributed by atoms with Crippen LogP contribution < -0.4 is 0 Å². The standard InChI is InChI=1S/C18H23N3O4S/c1-3-16-17(14(2)19-25-16)18(22)20-9-11-21(12-10-20)26(23,24)13-15-7-5-4-6-8-15/h4-8H,3,9-13H2,1-2H3. The summed E-state index contributed by atoms with van der Waals surface area (Å²) in [5.74, 6) is 0.416. The summed E-state index contributed by atoms with van der Waals surface area (Å²) in [6, 6.07) is 9.12. The van der Waals surface area contributed by atoms with Crippen molar-refractivity contribution in [2.24, 2.45) is 0 Å². The molecule has 0 spiro atoms. The summed E-state index contributed by atoms with van der Waals surface area (Å²) in [7, 11) is -3.40. The number of aromatic nitrogens is 1. The molecular weight excluding hydrogens is 354 g/mol. The molecule has 0 N–H and O–H groups in total. The number of carbonyl (C=O) groups excluding carboxylic acids is 1. The van der Waals surface area contributed by atoms with Gasteiger partial charge >= 0.3 is 0 Å². The summed E-state index contributed by atoms with van der Waals surface area (Å²) in [5.41, 5.74) is 1.85. The number of benzene rings is 1. The van der Waals surface area contributed by atoms with Crippen LogP contribution in [-0.4, -0.2) is 54.9 Å². The van der Waals surface area contributed by atoms with Gasteiger partial charge in [-0.05, 0) is 12.5 Å². The van der Waals surface area contributed by atoms with Gasteiger partial charge in [-0.15, -0.1) is 0 Å². The third-order valence-electron chi connectivity index (χ3n) is 4.58. The minimum absolute atomic E-state index is 0.0213. The van der Waals surface area contributed by atoms with Crippen LogP contribution in [0.1, 0.15) is 34.3 Å². The highest BCUT2D eigenvalue weighted by Crippen LogP contribution is 2.19. The van der Waals surface area contributed by atoms with Gasteiger partial charge in [0.2, 0.25) is 10.0 Å². The molecule has 0 atom stereocenters. The second kappa shape index (κ2) is 7.59. The van der Waals surface area contributed by atoms with Crippen LogP contribution in [0.15, 0.2) is 34.9 Å². The van der Waals surface area contributed by atoms with Crippen molar-refractivity contribution in [1.82, 2.24) is 14.4 Å². The first kappa shape index (κ1) is 18.6. The second-order valence-electron chi connectivity index (χ2n) is 6.35. The Morgan fingerprint density at radius 1 is 1.15 bits per heavy atom. The Morgan fingerprint density at radius 3 is 2.42 bits per heavy atom. The Kier molecular flexibility index (Phi) is 5.43. The molecule has 0 radical (unpaired) electrons. The van der Waals surface area contributed by atoms with E-state index in [2.05, 4.69) is 5.16 Å². The lowest BCUT2D eigenvalue weighted by Crippen LogP contribution is -2.50. The molecule has 0 aliphatic carbocycles. The van der Waals surface area contributed by atoms with Crippen molar-refractivity contribution in [2.45, 2.75) is 26.0 Å². The number of nitrogens with zero attached hydrogens (tertiary/aromatic N) is 3. The van der Waals surface area contributed by atoms with Gasteiger partial charge in [0.25, 0.3) is 5.91 Å². The predicted octanol–water partition coefficient (Wildman–Crippen LogP) is 1.83. The first-order chi connectivity index (χ1) is 12.4. The fraction of sp³-hybridized carbons (Fsp3) is 0.444. The summed E-state index contributed by atoms with van der Waals surface area (Å²) in [4.78, 5) is 14.4. The summed E-state index contributed by atoms with van der Waals surface area (Å²) in [5, 5.41) is 3.88. The molecular formula is C18H23N3O4S. The zero-order valence-corrected chi connectivity index (χ0v) is 15.8. The lowest BCUT2D eigenvalue weighted by atomic mass is 10.1. The zero-order valence-electron chi connectivity index (χ0n) is 15.0. The first-order valence-corrected chi connectivity index (χ1v) is 10.3. The van der Waals surface area contributed by atoms with Gasteiger partial charge < -0.3 is 9.42 Å². The number of rotatable bonds is 5. The Labute approximate surface area is 153 Å². The highest BCUT2D eigenvalue weighted by Gasteiger charge is 2.31. The molecule has 0 unspecified atom stereocenters. The number of hydrogen-bond donors (Lipinski definition) is 0. The molecule has 2 aromatic rings. The molecule has 1 aliphatic heterocycles. The summed E-state index contributed by atoms with van der Waals surface area (Å²) >= 11 is 0. The van der Waals surface area contributed by atoms with Crippen molar-refractivity contribution >= 4 is 15.9 Å². The largest absolute Gasteiger partial charge is 0.360 e. The van der Waals surface area contributed by atoms with E-state index in [-0.39, 0.29) is 11.7 Å². The van der Waals surface area contributed by atoms with Crippen LogP contribution in [0.2, 0.25) is 0 Å². The Balaban J connectivity index is 1.65. The minimum Gasteiger partial charge on any atom is -0.360 e. The SMILES string of the molecule is CCc1onc(C)c1C(=O)N1CCN(S(=O)(=O)Cc2ccccc2)CC1. The smallest absolute Gasteiger partial charge is 0.259 e. The van der Waals surface area contributed by atoms with Crippen molar-refractivity contribution in [3.05, 3.63) is 52.9 Å². The molecule has 1 fully saturated rings. The molecule has 26 heavy (non-hydrogen) atoms. The average Bonchev–Trinajstić information content (AvgIpc) is 3.02. The quantitative estimate of drug-likeness (QED) is 0.794. The van der Waals surface area contributed by atoms with Gasteiger partial charge in [-0.3, -0.25) is 4.79 Å². The van der Waals surface area contributed by atoms with Gasteiger partial charge in [0.05, 0.1) is 11.4 Å². The fourth-order valence-electron chi connectivity index (χ4n) is 3.14. The third-order valence-corrected chi connectivity index (χ3v) is 6.43.